The summed E-state index contributed by atoms with van der Waals surface area (Å²) in [6.07, 6.45) is 1.97. The Morgan fingerprint density at radius 3 is 2.75 bits per heavy atom. The lowest BCUT2D eigenvalue weighted by Crippen LogP contribution is -2.36. The topological polar surface area (TPSA) is 51.5 Å². The van der Waals surface area contributed by atoms with Gasteiger partial charge in [0.25, 0.3) is 0 Å². The summed E-state index contributed by atoms with van der Waals surface area (Å²) in [6.45, 7) is 6.19. The van der Waals surface area contributed by atoms with Gasteiger partial charge in [-0.2, -0.15) is 0 Å². The Kier molecular flexibility index (Phi) is 4.32. The highest BCUT2D eigenvalue weighted by atomic mass is 16.5. The molecule has 2 rings (SSSR count). The molecule has 1 aromatic carbocycles. The number of methoxy groups -OCH3 is 1. The molecule has 0 radical (unpaired) electrons. The van der Waals surface area contributed by atoms with Crippen LogP contribution in [0.1, 0.15) is 26.3 Å². The minimum absolute atomic E-state index is 0.0183. The number of hydrogen-bond acceptors (Lipinski definition) is 3. The van der Waals surface area contributed by atoms with Crippen LogP contribution in [0.3, 0.4) is 0 Å². The second kappa shape index (κ2) is 5.99. The largest absolute Gasteiger partial charge is 0.497 e. The summed E-state index contributed by atoms with van der Waals surface area (Å²) in [5, 5.41) is 3.96. The second-order valence-corrected chi connectivity index (χ2v) is 5.40. The molecule has 108 valence electrons. The average molecular weight is 275 g/mol. The van der Waals surface area contributed by atoms with E-state index in [1.165, 1.54) is 0 Å². The molecular formula is C16H21NO3. The van der Waals surface area contributed by atoms with Gasteiger partial charge >= 0.3 is 0 Å². The highest BCUT2D eigenvalue weighted by Crippen LogP contribution is 2.25. The Balaban J connectivity index is 2.12. The lowest BCUT2D eigenvalue weighted by atomic mass is 10.1. The van der Waals surface area contributed by atoms with Crippen LogP contribution in [0.25, 0.3) is 11.0 Å². The smallest absolute Gasteiger partial charge is 0.224 e. The molecule has 0 unspecified atom stereocenters. The van der Waals surface area contributed by atoms with Crippen LogP contribution in [0.2, 0.25) is 0 Å². The van der Waals surface area contributed by atoms with E-state index in [2.05, 4.69) is 19.2 Å². The number of benzene rings is 1. The van der Waals surface area contributed by atoms with Crippen molar-refractivity contribution in [1.82, 2.24) is 5.32 Å². The molecule has 1 heterocycles. The first-order valence-electron chi connectivity index (χ1n) is 6.84. The summed E-state index contributed by atoms with van der Waals surface area (Å²) in [6, 6.07) is 5.79. The fraction of sp³-hybridized carbons (Fsp3) is 0.438. The first-order valence-corrected chi connectivity index (χ1v) is 6.84. The Morgan fingerprint density at radius 1 is 1.35 bits per heavy atom. The van der Waals surface area contributed by atoms with Gasteiger partial charge in [-0.1, -0.05) is 13.8 Å². The van der Waals surface area contributed by atoms with Crippen LogP contribution in [-0.2, 0) is 11.2 Å². The first kappa shape index (κ1) is 14.4. The summed E-state index contributed by atoms with van der Waals surface area (Å²) in [5.41, 5.74) is 1.64. The van der Waals surface area contributed by atoms with Crippen molar-refractivity contribution in [1.29, 1.82) is 0 Å². The number of ether oxygens (including phenoxy) is 1. The van der Waals surface area contributed by atoms with Crippen LogP contribution in [0.15, 0.2) is 28.9 Å². The van der Waals surface area contributed by atoms with Gasteiger partial charge in [0.15, 0.2) is 0 Å². The Hall–Kier alpha value is -1.97. The van der Waals surface area contributed by atoms with E-state index < -0.39 is 0 Å². The van der Waals surface area contributed by atoms with Gasteiger partial charge in [-0.05, 0) is 25.0 Å². The van der Waals surface area contributed by atoms with E-state index in [4.69, 9.17) is 9.15 Å². The zero-order chi connectivity index (χ0) is 14.7. The van der Waals surface area contributed by atoms with Gasteiger partial charge in [0, 0.05) is 23.1 Å². The van der Waals surface area contributed by atoms with Gasteiger partial charge in [0.2, 0.25) is 5.91 Å². The van der Waals surface area contributed by atoms with Gasteiger partial charge in [-0.3, -0.25) is 4.79 Å². The summed E-state index contributed by atoms with van der Waals surface area (Å²) in [4.78, 5) is 12.0. The van der Waals surface area contributed by atoms with E-state index in [0.29, 0.717) is 12.3 Å². The van der Waals surface area contributed by atoms with Crippen LogP contribution in [0.4, 0.5) is 0 Å². The lowest BCUT2D eigenvalue weighted by Gasteiger charge is -2.17. The molecule has 0 fully saturated rings. The van der Waals surface area contributed by atoms with Crippen LogP contribution < -0.4 is 10.1 Å². The van der Waals surface area contributed by atoms with Crippen molar-refractivity contribution in [2.24, 2.45) is 5.92 Å². The number of nitrogens with one attached hydrogen (secondary N) is 1. The fourth-order valence-electron chi connectivity index (χ4n) is 1.97. The molecule has 0 aliphatic rings. The molecule has 4 heteroatoms. The summed E-state index contributed by atoms with van der Waals surface area (Å²) < 4.78 is 10.6. The van der Waals surface area contributed by atoms with Gasteiger partial charge < -0.3 is 14.5 Å². The molecule has 1 atom stereocenters. The van der Waals surface area contributed by atoms with E-state index in [0.717, 1.165) is 22.3 Å². The zero-order valence-electron chi connectivity index (χ0n) is 12.4. The number of carbonyl (C=O) groups is 1. The van der Waals surface area contributed by atoms with Crippen molar-refractivity contribution in [3.8, 4) is 5.75 Å². The van der Waals surface area contributed by atoms with Crippen molar-refractivity contribution < 1.29 is 13.9 Å². The Bertz CT molecular complexity index is 601. The zero-order valence-corrected chi connectivity index (χ0v) is 12.4. The number of hydrogen-bond donors (Lipinski definition) is 1. The molecule has 2 aromatic rings. The summed E-state index contributed by atoms with van der Waals surface area (Å²) in [5.74, 6) is 1.19. The Labute approximate surface area is 119 Å². The van der Waals surface area contributed by atoms with Crippen molar-refractivity contribution in [3.63, 3.8) is 0 Å². The normalized spacial score (nSPS) is 12.7. The molecule has 0 spiro atoms. The lowest BCUT2D eigenvalue weighted by molar-refractivity contribution is -0.121. The van der Waals surface area contributed by atoms with E-state index in [1.54, 1.807) is 13.4 Å². The van der Waals surface area contributed by atoms with E-state index >= 15 is 0 Å². The van der Waals surface area contributed by atoms with Crippen molar-refractivity contribution in [3.05, 3.63) is 30.0 Å². The molecule has 20 heavy (non-hydrogen) atoms. The van der Waals surface area contributed by atoms with Gasteiger partial charge in [-0.15, -0.1) is 0 Å². The molecule has 1 amide bonds. The molecule has 4 nitrogen and oxygen atoms in total. The van der Waals surface area contributed by atoms with E-state index in [1.807, 2.05) is 25.1 Å². The third kappa shape index (κ3) is 3.13. The third-order valence-corrected chi connectivity index (χ3v) is 3.60. The highest BCUT2D eigenvalue weighted by molar-refractivity contribution is 5.88. The molecule has 0 saturated heterocycles. The van der Waals surface area contributed by atoms with Crippen molar-refractivity contribution in [2.45, 2.75) is 33.2 Å². The maximum atomic E-state index is 12.0. The van der Waals surface area contributed by atoms with E-state index in [-0.39, 0.29) is 11.9 Å². The predicted molar refractivity (Wildman–Crippen MR) is 78.9 cm³/mol. The monoisotopic (exact) mass is 275 g/mol. The van der Waals surface area contributed by atoms with E-state index in [9.17, 15) is 4.79 Å². The number of carbonyl (C=O) groups excluding carboxylic acids is 1. The highest BCUT2D eigenvalue weighted by Gasteiger charge is 2.14. The molecule has 0 aliphatic carbocycles. The summed E-state index contributed by atoms with van der Waals surface area (Å²) >= 11 is 0. The third-order valence-electron chi connectivity index (χ3n) is 3.60. The summed E-state index contributed by atoms with van der Waals surface area (Å²) in [7, 11) is 1.62. The van der Waals surface area contributed by atoms with Gasteiger partial charge in [0.05, 0.1) is 19.8 Å². The maximum Gasteiger partial charge on any atom is 0.224 e. The van der Waals surface area contributed by atoms with Gasteiger partial charge in [0.1, 0.15) is 11.3 Å². The fourth-order valence-corrected chi connectivity index (χ4v) is 1.97. The molecule has 0 bridgehead atoms. The van der Waals surface area contributed by atoms with Crippen LogP contribution in [0, 0.1) is 5.92 Å². The predicted octanol–water partition coefficient (Wildman–Crippen LogP) is 3.14. The minimum atomic E-state index is 0.0183. The van der Waals surface area contributed by atoms with Crippen molar-refractivity contribution >= 4 is 16.9 Å². The minimum Gasteiger partial charge on any atom is -0.497 e. The van der Waals surface area contributed by atoms with Crippen LogP contribution in [-0.4, -0.2) is 19.1 Å². The van der Waals surface area contributed by atoms with Crippen molar-refractivity contribution in [2.75, 3.05) is 7.11 Å². The molecule has 0 saturated carbocycles. The maximum absolute atomic E-state index is 12.0. The van der Waals surface area contributed by atoms with Gasteiger partial charge in [-0.25, -0.2) is 0 Å². The Morgan fingerprint density at radius 2 is 2.10 bits per heavy atom. The number of amides is 1. The standard InChI is InChI=1S/C16H21NO3/c1-10(2)11(3)17-16(18)7-12-9-20-15-8-13(19-4)5-6-14(12)15/h5-6,8-11H,7H2,1-4H3,(H,17,18)/t11-/m0/s1. The molecular weight excluding hydrogens is 254 g/mol. The number of fused-ring (bicyclic) bond motifs is 1. The molecule has 0 aliphatic heterocycles. The number of furan rings is 1. The van der Waals surface area contributed by atoms with Crippen LogP contribution in [0.5, 0.6) is 5.75 Å². The second-order valence-electron chi connectivity index (χ2n) is 5.40. The first-order chi connectivity index (χ1) is 9.51. The number of rotatable bonds is 5. The molecule has 1 N–H and O–H groups in total. The van der Waals surface area contributed by atoms with Crippen LogP contribution >= 0.6 is 0 Å². The molecule has 1 aromatic heterocycles. The quantitative estimate of drug-likeness (QED) is 0.912. The average Bonchev–Trinajstić information content (AvgIpc) is 2.80. The SMILES string of the molecule is COc1ccc2c(CC(=O)N[C@@H](C)C(C)C)coc2c1.